The lowest BCUT2D eigenvalue weighted by atomic mass is 9.94. The average Bonchev–Trinajstić information content (AvgIpc) is 3.44. The van der Waals surface area contributed by atoms with E-state index in [1.807, 2.05) is 6.07 Å². The fourth-order valence-electron chi connectivity index (χ4n) is 5.07. The first-order valence-corrected chi connectivity index (χ1v) is 19.9. The quantitative estimate of drug-likeness (QED) is 0.134. The SMILES string of the molecule is Cn1nc(NS(C)(=O)=O)c2c(Cl)ccc(-c3cc4c(cnn4COCC[Si](C)(C)C)nc3C(N)Cc3cc(F)cc(F)c3)c21. The number of aromatic nitrogens is 5. The highest BCUT2D eigenvalue weighted by molar-refractivity contribution is 7.92. The molecule has 0 aliphatic carbocycles. The van der Waals surface area contributed by atoms with Crippen LogP contribution in [0.3, 0.4) is 0 Å². The zero-order valence-corrected chi connectivity index (χ0v) is 27.6. The fourth-order valence-corrected chi connectivity index (χ4v) is 6.57. The van der Waals surface area contributed by atoms with Crippen molar-refractivity contribution < 1.29 is 21.9 Å². The standard InChI is InChI=1S/C29H34ClF2N7O3SSi/c1-38-28-20(6-7-22(30)26(28)29(36-38)37-43(2,40)41)21-14-25-24(15-34-39(25)16-42-8-9-44(3,4)5)35-27(21)23(33)12-17-10-18(31)13-19(32)11-17/h6-7,10-11,13-15,23H,8-9,12,16,33H2,1-5H3,(H,36,37). The minimum atomic E-state index is -3.66. The molecule has 0 spiro atoms. The molecule has 0 saturated carbocycles. The molecule has 0 bridgehead atoms. The summed E-state index contributed by atoms with van der Waals surface area (Å²) >= 11 is 6.58. The molecule has 0 fully saturated rings. The van der Waals surface area contributed by atoms with Gasteiger partial charge in [-0.05, 0) is 42.3 Å². The monoisotopic (exact) mass is 661 g/mol. The van der Waals surface area contributed by atoms with Gasteiger partial charge in [0.2, 0.25) is 10.0 Å². The Morgan fingerprint density at radius 3 is 2.48 bits per heavy atom. The zero-order chi connectivity index (χ0) is 32.0. The normalized spacial score (nSPS) is 13.2. The van der Waals surface area contributed by atoms with Crippen LogP contribution in [0.4, 0.5) is 14.6 Å². The van der Waals surface area contributed by atoms with E-state index in [2.05, 4.69) is 34.6 Å². The van der Waals surface area contributed by atoms with Crippen LogP contribution in [0.15, 0.2) is 42.6 Å². The molecular formula is C29H34ClF2N7O3SSi. The van der Waals surface area contributed by atoms with Gasteiger partial charge in [-0.15, -0.1) is 0 Å². The summed E-state index contributed by atoms with van der Waals surface area (Å²) in [6, 6.07) is 8.82. The molecule has 44 heavy (non-hydrogen) atoms. The van der Waals surface area contributed by atoms with Crippen LogP contribution in [0.1, 0.15) is 17.3 Å². The first-order chi connectivity index (χ1) is 20.6. The van der Waals surface area contributed by atoms with E-state index in [1.54, 1.807) is 30.1 Å². The summed E-state index contributed by atoms with van der Waals surface area (Å²) in [4.78, 5) is 4.89. The summed E-state index contributed by atoms with van der Waals surface area (Å²) in [6.45, 7) is 7.66. The molecule has 3 N–H and O–H groups in total. The number of halogens is 3. The van der Waals surface area contributed by atoms with Crippen molar-refractivity contribution in [3.8, 4) is 11.1 Å². The van der Waals surface area contributed by atoms with Crippen molar-refractivity contribution in [1.82, 2.24) is 24.5 Å². The molecule has 2 aromatic carbocycles. The second kappa shape index (κ2) is 12.2. The first-order valence-electron chi connectivity index (χ1n) is 13.9. The predicted molar refractivity (Wildman–Crippen MR) is 172 cm³/mol. The van der Waals surface area contributed by atoms with E-state index >= 15 is 0 Å². The van der Waals surface area contributed by atoms with E-state index in [0.29, 0.717) is 56.0 Å². The lowest BCUT2D eigenvalue weighted by molar-refractivity contribution is 0.0817. The molecule has 3 aromatic heterocycles. The number of rotatable bonds is 11. The van der Waals surface area contributed by atoms with E-state index in [9.17, 15) is 17.2 Å². The number of hydrogen-bond donors (Lipinski definition) is 2. The molecule has 1 atom stereocenters. The summed E-state index contributed by atoms with van der Waals surface area (Å²) in [6.07, 6.45) is 2.74. The summed E-state index contributed by atoms with van der Waals surface area (Å²) in [5, 5.41) is 9.58. The number of ether oxygens (including phenoxy) is 1. The molecule has 234 valence electrons. The van der Waals surface area contributed by atoms with Gasteiger partial charge in [-0.2, -0.15) is 10.2 Å². The molecule has 0 aliphatic heterocycles. The number of nitrogens with zero attached hydrogens (tertiary/aromatic N) is 5. The van der Waals surface area contributed by atoms with Gasteiger partial charge in [-0.1, -0.05) is 37.3 Å². The number of sulfonamides is 1. The average molecular weight is 662 g/mol. The predicted octanol–water partition coefficient (Wildman–Crippen LogP) is 5.84. The van der Waals surface area contributed by atoms with Crippen LogP contribution >= 0.6 is 11.6 Å². The summed E-state index contributed by atoms with van der Waals surface area (Å²) < 4.78 is 63.9. The highest BCUT2D eigenvalue weighted by Gasteiger charge is 2.24. The van der Waals surface area contributed by atoms with Crippen LogP contribution in [0.25, 0.3) is 33.1 Å². The maximum absolute atomic E-state index is 14.0. The highest BCUT2D eigenvalue weighted by atomic mass is 35.5. The van der Waals surface area contributed by atoms with Gasteiger partial charge in [0.05, 0.1) is 45.6 Å². The second-order valence-electron chi connectivity index (χ2n) is 12.1. The van der Waals surface area contributed by atoms with Gasteiger partial charge in [-0.3, -0.25) is 9.40 Å². The molecule has 5 aromatic rings. The minimum absolute atomic E-state index is 0.0767. The Hall–Kier alpha value is -3.43. The second-order valence-corrected chi connectivity index (χ2v) is 19.8. The van der Waals surface area contributed by atoms with Crippen LogP contribution in [-0.4, -0.2) is 53.9 Å². The highest BCUT2D eigenvalue weighted by Crippen LogP contribution is 2.40. The van der Waals surface area contributed by atoms with Gasteiger partial charge >= 0.3 is 0 Å². The molecule has 3 heterocycles. The fraction of sp³-hybridized carbons (Fsp3) is 0.345. The number of fused-ring (bicyclic) bond motifs is 2. The van der Waals surface area contributed by atoms with Gasteiger partial charge in [0, 0.05) is 38.9 Å². The van der Waals surface area contributed by atoms with E-state index in [1.165, 1.54) is 16.8 Å². The van der Waals surface area contributed by atoms with Crippen molar-refractivity contribution in [1.29, 1.82) is 0 Å². The van der Waals surface area contributed by atoms with E-state index in [-0.39, 0.29) is 19.0 Å². The molecule has 0 saturated heterocycles. The lowest BCUT2D eigenvalue weighted by Crippen LogP contribution is -2.22. The molecule has 0 amide bonds. The number of anilines is 1. The number of aryl methyl sites for hydroxylation is 1. The largest absolute Gasteiger partial charge is 0.360 e. The molecule has 10 nitrogen and oxygen atoms in total. The van der Waals surface area contributed by atoms with Crippen LogP contribution < -0.4 is 10.5 Å². The Labute approximate surface area is 260 Å². The van der Waals surface area contributed by atoms with Gasteiger partial charge in [0.15, 0.2) is 5.82 Å². The minimum Gasteiger partial charge on any atom is -0.360 e. The molecule has 1 unspecified atom stereocenters. The summed E-state index contributed by atoms with van der Waals surface area (Å²) in [5.74, 6) is -1.33. The van der Waals surface area contributed by atoms with Crippen molar-refractivity contribution in [2.24, 2.45) is 12.8 Å². The third-order valence-corrected chi connectivity index (χ3v) is 9.69. The molecule has 15 heteroatoms. The first kappa shape index (κ1) is 32.0. The lowest BCUT2D eigenvalue weighted by Gasteiger charge is -2.18. The van der Waals surface area contributed by atoms with E-state index in [0.717, 1.165) is 18.4 Å². The van der Waals surface area contributed by atoms with Crippen molar-refractivity contribution in [3.63, 3.8) is 0 Å². The Balaban J connectivity index is 1.66. The van der Waals surface area contributed by atoms with E-state index in [4.69, 9.17) is 27.1 Å². The number of nitrogens with two attached hydrogens (primary N) is 1. The van der Waals surface area contributed by atoms with Crippen LogP contribution in [0.2, 0.25) is 30.7 Å². The zero-order valence-electron chi connectivity index (χ0n) is 25.0. The molecule has 0 radical (unpaired) electrons. The van der Waals surface area contributed by atoms with E-state index < -0.39 is 35.8 Å². The van der Waals surface area contributed by atoms with Crippen molar-refractivity contribution in [3.05, 3.63) is 70.5 Å². The number of hydrogen-bond acceptors (Lipinski definition) is 7. The number of nitrogens with one attached hydrogen (secondary N) is 1. The number of benzene rings is 2. The maximum atomic E-state index is 14.0. The smallest absolute Gasteiger partial charge is 0.231 e. The van der Waals surface area contributed by atoms with Crippen molar-refractivity contribution in [2.75, 3.05) is 17.6 Å². The third-order valence-electron chi connectivity index (χ3n) is 7.11. The Morgan fingerprint density at radius 1 is 1.11 bits per heavy atom. The molecular weight excluding hydrogens is 628 g/mol. The topological polar surface area (TPSA) is 130 Å². The molecule has 0 aliphatic rings. The van der Waals surface area contributed by atoms with Gasteiger partial charge in [-0.25, -0.2) is 26.9 Å². The number of pyridine rings is 1. The van der Waals surface area contributed by atoms with Crippen molar-refractivity contribution in [2.45, 2.75) is 44.9 Å². The Bertz CT molecular complexity index is 1960. The van der Waals surface area contributed by atoms with Gasteiger partial charge in [0.25, 0.3) is 0 Å². The van der Waals surface area contributed by atoms with Crippen molar-refractivity contribution >= 4 is 57.5 Å². The Kier molecular flexibility index (Phi) is 8.84. The van der Waals surface area contributed by atoms with Gasteiger partial charge in [0.1, 0.15) is 23.9 Å². The third kappa shape index (κ3) is 7.10. The van der Waals surface area contributed by atoms with Crippen LogP contribution in [0.5, 0.6) is 0 Å². The van der Waals surface area contributed by atoms with Gasteiger partial charge < -0.3 is 10.5 Å². The Morgan fingerprint density at radius 2 is 1.82 bits per heavy atom. The summed E-state index contributed by atoms with van der Waals surface area (Å²) in [7, 11) is -3.27. The summed E-state index contributed by atoms with van der Waals surface area (Å²) in [5.41, 5.74) is 10.5. The molecule has 5 rings (SSSR count). The van der Waals surface area contributed by atoms with Crippen LogP contribution in [-0.2, 0) is 35.0 Å². The van der Waals surface area contributed by atoms with Crippen LogP contribution in [0, 0.1) is 11.6 Å². The maximum Gasteiger partial charge on any atom is 0.231 e.